The molecule has 0 spiro atoms. The number of nitrogens with one attached hydrogen (secondary N) is 1. The first-order valence-corrected chi connectivity index (χ1v) is 10.5. The van der Waals surface area contributed by atoms with Gasteiger partial charge in [0.2, 0.25) is 0 Å². The van der Waals surface area contributed by atoms with Crippen molar-refractivity contribution in [1.82, 2.24) is 4.98 Å². The monoisotopic (exact) mass is 460 g/mol. The normalized spacial score (nSPS) is 10.6. The van der Waals surface area contributed by atoms with Crippen LogP contribution in [-0.2, 0) is 6.42 Å². The first-order chi connectivity index (χ1) is 13.5. The number of carbonyl (C=O) groups is 1. The van der Waals surface area contributed by atoms with Crippen molar-refractivity contribution in [2.75, 3.05) is 19.5 Å². The first-order valence-electron chi connectivity index (χ1n) is 8.84. The molecule has 1 amide bonds. The van der Waals surface area contributed by atoms with Gasteiger partial charge in [-0.25, -0.2) is 4.98 Å². The van der Waals surface area contributed by atoms with E-state index in [-0.39, 0.29) is 5.91 Å². The topological polar surface area (TPSA) is 60.5 Å². The van der Waals surface area contributed by atoms with Crippen LogP contribution in [0.1, 0.15) is 28.6 Å². The summed E-state index contributed by atoms with van der Waals surface area (Å²) in [5.74, 6) is 1.25. The maximum absolute atomic E-state index is 12.6. The van der Waals surface area contributed by atoms with Crippen molar-refractivity contribution in [2.24, 2.45) is 0 Å². The van der Waals surface area contributed by atoms with Crippen molar-refractivity contribution >= 4 is 38.3 Å². The van der Waals surface area contributed by atoms with Crippen molar-refractivity contribution in [3.8, 4) is 22.8 Å². The Kier molecular flexibility index (Phi) is 6.70. The average Bonchev–Trinajstić information content (AvgIpc) is 3.09. The zero-order valence-corrected chi connectivity index (χ0v) is 18.3. The van der Waals surface area contributed by atoms with Crippen molar-refractivity contribution < 1.29 is 14.3 Å². The molecule has 0 unspecified atom stereocenters. The fraction of sp³-hybridized carbons (Fsp3) is 0.238. The first kappa shape index (κ1) is 20.4. The van der Waals surface area contributed by atoms with Crippen LogP contribution in [0.2, 0.25) is 0 Å². The fourth-order valence-corrected chi connectivity index (χ4v) is 4.28. The van der Waals surface area contributed by atoms with E-state index in [4.69, 9.17) is 14.5 Å². The predicted octanol–water partition coefficient (Wildman–Crippen LogP) is 5.79. The lowest BCUT2D eigenvalue weighted by Gasteiger charge is -2.10. The van der Waals surface area contributed by atoms with Crippen LogP contribution in [0.15, 0.2) is 46.9 Å². The van der Waals surface area contributed by atoms with E-state index >= 15 is 0 Å². The van der Waals surface area contributed by atoms with E-state index in [0.717, 1.165) is 39.2 Å². The van der Waals surface area contributed by atoms with Crippen LogP contribution in [-0.4, -0.2) is 25.1 Å². The summed E-state index contributed by atoms with van der Waals surface area (Å²) >= 11 is 4.88. The molecule has 3 aromatic rings. The lowest BCUT2D eigenvalue weighted by atomic mass is 10.1. The molecule has 0 saturated carbocycles. The largest absolute Gasteiger partial charge is 0.497 e. The van der Waals surface area contributed by atoms with Crippen LogP contribution < -0.4 is 14.8 Å². The van der Waals surface area contributed by atoms with Crippen LogP contribution in [0, 0.1) is 0 Å². The summed E-state index contributed by atoms with van der Waals surface area (Å²) in [6.07, 6.45) is 1.83. The number of hydrogen-bond acceptors (Lipinski definition) is 5. The maximum Gasteiger partial charge on any atom is 0.257 e. The van der Waals surface area contributed by atoms with Crippen molar-refractivity contribution in [1.29, 1.82) is 0 Å². The van der Waals surface area contributed by atoms with Crippen LogP contribution in [0.4, 0.5) is 5.13 Å². The van der Waals surface area contributed by atoms with Gasteiger partial charge in [0.15, 0.2) is 5.13 Å². The number of aromatic nitrogens is 1. The number of hydrogen-bond donors (Lipinski definition) is 1. The predicted molar refractivity (Wildman–Crippen MR) is 117 cm³/mol. The smallest absolute Gasteiger partial charge is 0.257 e. The van der Waals surface area contributed by atoms with Gasteiger partial charge in [-0.05, 0) is 42.8 Å². The molecule has 5 nitrogen and oxygen atoms in total. The van der Waals surface area contributed by atoms with Gasteiger partial charge in [-0.15, -0.1) is 11.3 Å². The lowest BCUT2D eigenvalue weighted by Crippen LogP contribution is -2.11. The van der Waals surface area contributed by atoms with E-state index in [9.17, 15) is 4.79 Å². The Labute approximate surface area is 176 Å². The molecule has 146 valence electrons. The molecule has 0 aliphatic heterocycles. The fourth-order valence-electron chi connectivity index (χ4n) is 2.81. The summed E-state index contributed by atoms with van der Waals surface area (Å²) in [5, 5.41) is 3.48. The van der Waals surface area contributed by atoms with Gasteiger partial charge >= 0.3 is 0 Å². The van der Waals surface area contributed by atoms with Crippen molar-refractivity contribution in [2.45, 2.75) is 19.8 Å². The van der Waals surface area contributed by atoms with Crippen LogP contribution in [0.5, 0.6) is 11.5 Å². The summed E-state index contributed by atoms with van der Waals surface area (Å²) < 4.78 is 11.7. The number of amides is 1. The molecular formula is C21H21BrN2O3S. The van der Waals surface area contributed by atoms with Crippen LogP contribution in [0.25, 0.3) is 11.3 Å². The van der Waals surface area contributed by atoms with E-state index in [2.05, 4.69) is 28.2 Å². The molecule has 0 aliphatic rings. The van der Waals surface area contributed by atoms with Crippen LogP contribution in [0.3, 0.4) is 0 Å². The summed E-state index contributed by atoms with van der Waals surface area (Å²) in [6, 6.07) is 12.9. The van der Waals surface area contributed by atoms with Gasteiger partial charge in [-0.1, -0.05) is 35.3 Å². The van der Waals surface area contributed by atoms with E-state index in [1.165, 1.54) is 11.3 Å². The number of benzene rings is 2. The number of halogens is 1. The molecule has 0 bridgehead atoms. The Morgan fingerprint density at radius 2 is 2.00 bits per heavy atom. The molecule has 1 aromatic heterocycles. The Morgan fingerprint density at radius 1 is 1.18 bits per heavy atom. The summed E-state index contributed by atoms with van der Waals surface area (Å²) in [6.45, 7) is 2.12. The molecule has 0 radical (unpaired) electrons. The number of aryl methyl sites for hydroxylation is 1. The molecule has 7 heteroatoms. The molecule has 0 aliphatic carbocycles. The Hall–Kier alpha value is -2.38. The Morgan fingerprint density at radius 3 is 2.68 bits per heavy atom. The second-order valence-electron chi connectivity index (χ2n) is 6.07. The third kappa shape index (κ3) is 4.54. The zero-order valence-electron chi connectivity index (χ0n) is 15.9. The highest BCUT2D eigenvalue weighted by Crippen LogP contribution is 2.39. The average molecular weight is 461 g/mol. The van der Waals surface area contributed by atoms with Crippen molar-refractivity contribution in [3.05, 3.63) is 57.4 Å². The number of thiazole rings is 1. The zero-order chi connectivity index (χ0) is 20.1. The molecule has 0 atom stereocenters. The molecule has 3 rings (SSSR count). The van der Waals surface area contributed by atoms with Gasteiger partial charge in [-0.3, -0.25) is 10.1 Å². The van der Waals surface area contributed by atoms with E-state index in [0.29, 0.717) is 16.4 Å². The van der Waals surface area contributed by atoms with Gasteiger partial charge in [0, 0.05) is 20.5 Å². The Balaban J connectivity index is 1.97. The minimum Gasteiger partial charge on any atom is -0.497 e. The van der Waals surface area contributed by atoms with E-state index in [1.807, 2.05) is 30.3 Å². The third-order valence-corrected chi connectivity index (χ3v) is 5.67. The highest BCUT2D eigenvalue weighted by molar-refractivity contribution is 9.10. The molecule has 1 N–H and O–H groups in total. The number of carbonyl (C=O) groups excluding carboxylic acids is 1. The second-order valence-corrected chi connectivity index (χ2v) is 8.07. The van der Waals surface area contributed by atoms with E-state index in [1.54, 1.807) is 26.4 Å². The second kappa shape index (κ2) is 9.21. The van der Waals surface area contributed by atoms with E-state index < -0.39 is 0 Å². The molecule has 0 saturated heterocycles. The van der Waals surface area contributed by atoms with Gasteiger partial charge in [0.1, 0.15) is 11.5 Å². The minimum absolute atomic E-state index is 0.192. The van der Waals surface area contributed by atoms with Gasteiger partial charge < -0.3 is 9.47 Å². The van der Waals surface area contributed by atoms with Gasteiger partial charge in [0.05, 0.1) is 19.9 Å². The number of ether oxygens (including phenoxy) is 2. The summed E-state index contributed by atoms with van der Waals surface area (Å²) in [7, 11) is 3.26. The minimum atomic E-state index is -0.192. The molecule has 28 heavy (non-hydrogen) atoms. The van der Waals surface area contributed by atoms with Crippen LogP contribution >= 0.6 is 27.3 Å². The summed E-state index contributed by atoms with van der Waals surface area (Å²) in [5.41, 5.74) is 2.23. The number of anilines is 1. The third-order valence-electron chi connectivity index (χ3n) is 4.14. The number of nitrogens with zero attached hydrogens (tertiary/aromatic N) is 1. The number of rotatable bonds is 7. The summed E-state index contributed by atoms with van der Waals surface area (Å²) in [4.78, 5) is 18.4. The van der Waals surface area contributed by atoms with Crippen molar-refractivity contribution in [3.63, 3.8) is 0 Å². The standard InChI is InChI=1S/C21H21BrN2O3S/c1-4-6-18-19(16-12-15(26-2)9-10-17(16)27-3)23-21(28-18)24-20(25)13-7-5-8-14(22)11-13/h5,7-12H,4,6H2,1-3H3,(H,23,24,25). The molecule has 1 heterocycles. The van der Waals surface area contributed by atoms with Gasteiger partial charge in [0.25, 0.3) is 5.91 Å². The quantitative estimate of drug-likeness (QED) is 0.484. The molecule has 2 aromatic carbocycles. The number of methoxy groups -OCH3 is 2. The lowest BCUT2D eigenvalue weighted by molar-refractivity contribution is 0.102. The van der Waals surface area contributed by atoms with Gasteiger partial charge in [-0.2, -0.15) is 0 Å². The highest BCUT2D eigenvalue weighted by Gasteiger charge is 2.19. The molecule has 0 fully saturated rings. The SMILES string of the molecule is CCCc1sc(NC(=O)c2cccc(Br)c2)nc1-c1cc(OC)ccc1OC. The highest BCUT2D eigenvalue weighted by atomic mass is 79.9. The Bertz CT molecular complexity index is 988. The molecular weight excluding hydrogens is 440 g/mol. The maximum atomic E-state index is 12.6.